The molecule has 8 nitrogen and oxygen atoms in total. The Morgan fingerprint density at radius 2 is 2.04 bits per heavy atom. The number of rotatable bonds is 4. The Morgan fingerprint density at radius 1 is 1.24 bits per heavy atom. The fraction of sp³-hybridized carbons (Fsp3) is 0.412. The number of fused-ring (bicyclic) bond motifs is 1. The summed E-state index contributed by atoms with van der Waals surface area (Å²) >= 11 is 0. The first kappa shape index (κ1) is 15.6. The maximum absolute atomic E-state index is 12.6. The minimum atomic E-state index is -0.127. The van der Waals surface area contributed by atoms with Gasteiger partial charge >= 0.3 is 0 Å². The molecule has 0 bridgehead atoms. The number of aromatic nitrogens is 4. The number of para-hydroxylation sites is 2. The molecule has 1 aliphatic rings. The summed E-state index contributed by atoms with van der Waals surface area (Å²) in [4.78, 5) is 25.0. The third-order valence-corrected chi connectivity index (χ3v) is 4.49. The van der Waals surface area contributed by atoms with Crippen LogP contribution in [0.5, 0.6) is 0 Å². The van der Waals surface area contributed by atoms with E-state index in [0.29, 0.717) is 38.7 Å². The first-order valence-corrected chi connectivity index (χ1v) is 8.42. The van der Waals surface area contributed by atoms with Crippen LogP contribution in [0.15, 0.2) is 41.3 Å². The number of benzene rings is 1. The number of amides is 1. The van der Waals surface area contributed by atoms with Crippen molar-refractivity contribution in [2.24, 2.45) is 5.92 Å². The fourth-order valence-corrected chi connectivity index (χ4v) is 3.11. The average Bonchev–Trinajstić information content (AvgIpc) is 3.30. The molecule has 0 aliphatic carbocycles. The summed E-state index contributed by atoms with van der Waals surface area (Å²) in [6.07, 6.45) is 3.12. The van der Waals surface area contributed by atoms with Crippen LogP contribution in [-0.4, -0.2) is 56.7 Å². The fourth-order valence-electron chi connectivity index (χ4n) is 3.11. The van der Waals surface area contributed by atoms with Crippen LogP contribution in [0.25, 0.3) is 11.1 Å². The zero-order chi connectivity index (χ0) is 17.2. The summed E-state index contributed by atoms with van der Waals surface area (Å²) in [5.74, 6) is 0.0188. The van der Waals surface area contributed by atoms with Gasteiger partial charge in [0, 0.05) is 26.2 Å². The van der Waals surface area contributed by atoms with Gasteiger partial charge in [-0.2, -0.15) is 10.1 Å². The van der Waals surface area contributed by atoms with Gasteiger partial charge in [0.15, 0.2) is 5.58 Å². The SMILES string of the molecule is C[C@H](Cn1cncn1)C(=O)N1CCN(c2nc3ccccc3o2)CC1. The number of hydrogen-bond acceptors (Lipinski definition) is 6. The van der Waals surface area contributed by atoms with Crippen molar-refractivity contribution >= 4 is 23.0 Å². The van der Waals surface area contributed by atoms with Gasteiger partial charge < -0.3 is 14.2 Å². The molecule has 0 spiro atoms. The molecule has 1 saturated heterocycles. The maximum Gasteiger partial charge on any atom is 0.298 e. The zero-order valence-electron chi connectivity index (χ0n) is 14.1. The Hall–Kier alpha value is -2.90. The molecule has 0 radical (unpaired) electrons. The smallest absolute Gasteiger partial charge is 0.298 e. The van der Waals surface area contributed by atoms with Crippen LogP contribution in [-0.2, 0) is 11.3 Å². The van der Waals surface area contributed by atoms with Gasteiger partial charge in [0.1, 0.15) is 18.2 Å². The Kier molecular flexibility index (Phi) is 4.09. The molecule has 0 unspecified atom stereocenters. The van der Waals surface area contributed by atoms with Crippen molar-refractivity contribution in [2.75, 3.05) is 31.1 Å². The van der Waals surface area contributed by atoms with Crippen LogP contribution in [0, 0.1) is 5.92 Å². The van der Waals surface area contributed by atoms with Crippen molar-refractivity contribution in [2.45, 2.75) is 13.5 Å². The Balaban J connectivity index is 1.36. The number of oxazole rings is 1. The van der Waals surface area contributed by atoms with Crippen molar-refractivity contribution < 1.29 is 9.21 Å². The molecule has 0 saturated carbocycles. The van der Waals surface area contributed by atoms with E-state index >= 15 is 0 Å². The molecule has 1 fully saturated rings. The molecule has 1 atom stereocenters. The molecule has 1 amide bonds. The van der Waals surface area contributed by atoms with Gasteiger partial charge in [0.05, 0.1) is 12.5 Å². The van der Waals surface area contributed by atoms with Gasteiger partial charge in [-0.15, -0.1) is 0 Å². The van der Waals surface area contributed by atoms with Gasteiger partial charge in [-0.1, -0.05) is 19.1 Å². The highest BCUT2D eigenvalue weighted by Crippen LogP contribution is 2.22. The molecular formula is C17H20N6O2. The van der Waals surface area contributed by atoms with Crippen molar-refractivity contribution in [3.05, 3.63) is 36.9 Å². The maximum atomic E-state index is 12.6. The minimum absolute atomic E-state index is 0.127. The van der Waals surface area contributed by atoms with E-state index in [0.717, 1.165) is 11.1 Å². The Labute approximate surface area is 145 Å². The van der Waals surface area contributed by atoms with Crippen LogP contribution >= 0.6 is 0 Å². The number of anilines is 1. The van der Waals surface area contributed by atoms with Gasteiger partial charge in [0.25, 0.3) is 6.01 Å². The van der Waals surface area contributed by atoms with E-state index in [4.69, 9.17) is 4.42 Å². The summed E-state index contributed by atoms with van der Waals surface area (Å²) in [6, 6.07) is 8.36. The predicted octanol–water partition coefficient (Wildman–Crippen LogP) is 1.40. The predicted molar refractivity (Wildman–Crippen MR) is 92.0 cm³/mol. The third-order valence-electron chi connectivity index (χ3n) is 4.49. The van der Waals surface area contributed by atoms with E-state index in [1.54, 1.807) is 11.0 Å². The normalized spacial score (nSPS) is 16.4. The van der Waals surface area contributed by atoms with Gasteiger partial charge in [-0.25, -0.2) is 4.98 Å². The van der Waals surface area contributed by atoms with Crippen LogP contribution in [0.1, 0.15) is 6.92 Å². The largest absolute Gasteiger partial charge is 0.423 e. The monoisotopic (exact) mass is 340 g/mol. The number of nitrogens with zero attached hydrogens (tertiary/aromatic N) is 6. The highest BCUT2D eigenvalue weighted by atomic mass is 16.4. The second kappa shape index (κ2) is 6.54. The number of carbonyl (C=O) groups excluding carboxylic acids is 1. The molecule has 8 heteroatoms. The van der Waals surface area contributed by atoms with Crippen LogP contribution < -0.4 is 4.90 Å². The average molecular weight is 340 g/mol. The highest BCUT2D eigenvalue weighted by molar-refractivity contribution is 5.79. The van der Waals surface area contributed by atoms with Crippen molar-refractivity contribution in [1.29, 1.82) is 0 Å². The van der Waals surface area contributed by atoms with E-state index in [2.05, 4.69) is 20.0 Å². The highest BCUT2D eigenvalue weighted by Gasteiger charge is 2.27. The van der Waals surface area contributed by atoms with E-state index in [9.17, 15) is 4.79 Å². The lowest BCUT2D eigenvalue weighted by Gasteiger charge is -2.35. The molecule has 0 N–H and O–H groups in total. The molecule has 25 heavy (non-hydrogen) atoms. The van der Waals surface area contributed by atoms with E-state index in [-0.39, 0.29) is 11.8 Å². The van der Waals surface area contributed by atoms with Crippen molar-refractivity contribution in [3.63, 3.8) is 0 Å². The van der Waals surface area contributed by atoms with Crippen LogP contribution in [0.3, 0.4) is 0 Å². The quantitative estimate of drug-likeness (QED) is 0.714. The number of piperazine rings is 1. The van der Waals surface area contributed by atoms with Gasteiger partial charge in [0.2, 0.25) is 5.91 Å². The zero-order valence-corrected chi connectivity index (χ0v) is 14.1. The molecule has 3 heterocycles. The van der Waals surface area contributed by atoms with Gasteiger partial charge in [-0.05, 0) is 12.1 Å². The van der Waals surface area contributed by atoms with Crippen LogP contribution in [0.4, 0.5) is 6.01 Å². The Bertz CT molecular complexity index is 818. The first-order chi connectivity index (χ1) is 12.2. The standard InChI is InChI=1S/C17H20N6O2/c1-13(10-23-12-18-11-19-23)16(24)21-6-8-22(9-7-21)17-20-14-4-2-3-5-15(14)25-17/h2-5,11-13H,6-10H2,1H3/t13-/m1/s1. The van der Waals surface area contributed by atoms with Crippen molar-refractivity contribution in [1.82, 2.24) is 24.6 Å². The summed E-state index contributed by atoms with van der Waals surface area (Å²) < 4.78 is 7.51. The summed E-state index contributed by atoms with van der Waals surface area (Å²) in [7, 11) is 0. The topological polar surface area (TPSA) is 80.3 Å². The minimum Gasteiger partial charge on any atom is -0.423 e. The molecule has 4 rings (SSSR count). The lowest BCUT2D eigenvalue weighted by molar-refractivity contribution is -0.135. The Morgan fingerprint density at radius 3 is 2.76 bits per heavy atom. The van der Waals surface area contributed by atoms with Gasteiger partial charge in [-0.3, -0.25) is 9.48 Å². The van der Waals surface area contributed by atoms with E-state index in [1.165, 1.54) is 6.33 Å². The lowest BCUT2D eigenvalue weighted by Crippen LogP contribution is -2.50. The third kappa shape index (κ3) is 3.19. The second-order valence-electron chi connectivity index (χ2n) is 6.30. The lowest BCUT2D eigenvalue weighted by atomic mass is 10.1. The van der Waals surface area contributed by atoms with E-state index in [1.807, 2.05) is 36.1 Å². The molecule has 2 aromatic heterocycles. The molecule has 3 aromatic rings. The molecule has 1 aromatic carbocycles. The second-order valence-corrected chi connectivity index (χ2v) is 6.30. The first-order valence-electron chi connectivity index (χ1n) is 8.42. The molecule has 1 aliphatic heterocycles. The summed E-state index contributed by atoms with van der Waals surface area (Å²) in [5.41, 5.74) is 1.65. The number of hydrogen-bond donors (Lipinski definition) is 0. The number of carbonyl (C=O) groups is 1. The van der Waals surface area contributed by atoms with E-state index < -0.39 is 0 Å². The van der Waals surface area contributed by atoms with Crippen molar-refractivity contribution in [3.8, 4) is 0 Å². The molecule has 130 valence electrons. The van der Waals surface area contributed by atoms with Crippen LogP contribution in [0.2, 0.25) is 0 Å². The molecular weight excluding hydrogens is 320 g/mol. The summed E-state index contributed by atoms with van der Waals surface area (Å²) in [5, 5.41) is 4.06. The summed E-state index contributed by atoms with van der Waals surface area (Å²) in [6.45, 7) is 5.24.